The van der Waals surface area contributed by atoms with E-state index in [1.54, 1.807) is 24.3 Å². The first kappa shape index (κ1) is 14.8. The first-order valence-electron chi connectivity index (χ1n) is 7.24. The zero-order valence-corrected chi connectivity index (χ0v) is 12.4. The molecule has 0 amide bonds. The van der Waals surface area contributed by atoms with E-state index in [1.165, 1.54) is 7.11 Å². The van der Waals surface area contributed by atoms with Gasteiger partial charge in [0, 0.05) is 11.0 Å². The maximum Gasteiger partial charge on any atom is 0.337 e. The molecule has 20 heavy (non-hydrogen) atoms. The van der Waals surface area contributed by atoms with Crippen molar-refractivity contribution in [1.29, 1.82) is 0 Å². The topological polar surface area (TPSA) is 43.4 Å². The molecule has 0 aliphatic heterocycles. The van der Waals surface area contributed by atoms with Gasteiger partial charge in [-0.2, -0.15) is 0 Å². The van der Waals surface area contributed by atoms with Crippen molar-refractivity contribution in [3.8, 4) is 0 Å². The van der Waals surface area contributed by atoms with E-state index in [1.807, 2.05) is 0 Å². The number of rotatable bonds is 4. The molecule has 0 atom stereocenters. The van der Waals surface area contributed by atoms with Crippen molar-refractivity contribution >= 4 is 11.8 Å². The molecule has 1 fully saturated rings. The Balaban J connectivity index is 2.26. The first-order chi connectivity index (χ1) is 9.51. The van der Waals surface area contributed by atoms with E-state index in [0.29, 0.717) is 17.0 Å². The largest absolute Gasteiger partial charge is 0.465 e. The third-order valence-corrected chi connectivity index (χ3v) is 4.62. The van der Waals surface area contributed by atoms with Crippen molar-refractivity contribution in [3.05, 3.63) is 35.4 Å². The molecule has 108 valence electrons. The Hall–Kier alpha value is -1.64. The van der Waals surface area contributed by atoms with Gasteiger partial charge < -0.3 is 4.74 Å². The SMILES string of the molecule is COC(=O)c1ccc(C(=O)C2(C(C)C)CCCC2)cc1. The van der Waals surface area contributed by atoms with Crippen LogP contribution in [0.3, 0.4) is 0 Å². The van der Waals surface area contributed by atoms with Gasteiger partial charge in [-0.05, 0) is 30.9 Å². The lowest BCUT2D eigenvalue weighted by Crippen LogP contribution is -2.33. The molecule has 0 unspecified atom stereocenters. The molecule has 1 saturated carbocycles. The Bertz CT molecular complexity index is 493. The van der Waals surface area contributed by atoms with Gasteiger partial charge in [-0.25, -0.2) is 4.79 Å². The van der Waals surface area contributed by atoms with E-state index < -0.39 is 0 Å². The maximum absolute atomic E-state index is 12.8. The second-order valence-corrected chi connectivity index (χ2v) is 5.92. The Morgan fingerprint density at radius 1 is 1.05 bits per heavy atom. The number of carbonyl (C=O) groups excluding carboxylic acids is 2. The highest BCUT2D eigenvalue weighted by Crippen LogP contribution is 2.46. The minimum Gasteiger partial charge on any atom is -0.465 e. The molecule has 0 bridgehead atoms. The van der Waals surface area contributed by atoms with Gasteiger partial charge in [-0.15, -0.1) is 0 Å². The number of ketones is 1. The van der Waals surface area contributed by atoms with Crippen LogP contribution >= 0.6 is 0 Å². The van der Waals surface area contributed by atoms with E-state index in [-0.39, 0.29) is 17.2 Å². The van der Waals surface area contributed by atoms with Gasteiger partial charge in [0.2, 0.25) is 0 Å². The zero-order valence-electron chi connectivity index (χ0n) is 12.4. The third-order valence-electron chi connectivity index (χ3n) is 4.62. The molecule has 0 spiro atoms. The average molecular weight is 274 g/mol. The van der Waals surface area contributed by atoms with E-state index in [0.717, 1.165) is 25.7 Å². The molecular formula is C17H22O3. The van der Waals surface area contributed by atoms with Crippen LogP contribution < -0.4 is 0 Å². The second-order valence-electron chi connectivity index (χ2n) is 5.92. The van der Waals surface area contributed by atoms with Gasteiger partial charge in [0.15, 0.2) is 5.78 Å². The van der Waals surface area contributed by atoms with Crippen LogP contribution in [-0.2, 0) is 4.74 Å². The van der Waals surface area contributed by atoms with Crippen molar-refractivity contribution in [2.24, 2.45) is 11.3 Å². The minimum absolute atomic E-state index is 0.215. The van der Waals surface area contributed by atoms with Gasteiger partial charge in [-0.3, -0.25) is 4.79 Å². The number of methoxy groups -OCH3 is 1. The predicted octanol–water partition coefficient (Wildman–Crippen LogP) is 3.87. The molecule has 1 aromatic rings. The summed E-state index contributed by atoms with van der Waals surface area (Å²) < 4.78 is 4.67. The van der Waals surface area contributed by atoms with Gasteiger partial charge in [0.25, 0.3) is 0 Å². The number of hydrogen-bond donors (Lipinski definition) is 0. The van der Waals surface area contributed by atoms with Crippen LogP contribution in [0.15, 0.2) is 24.3 Å². The Kier molecular flexibility index (Phi) is 4.26. The monoisotopic (exact) mass is 274 g/mol. The highest BCUT2D eigenvalue weighted by atomic mass is 16.5. The summed E-state index contributed by atoms with van der Waals surface area (Å²) >= 11 is 0. The lowest BCUT2D eigenvalue weighted by atomic mass is 9.70. The highest BCUT2D eigenvalue weighted by molar-refractivity contribution is 6.01. The summed E-state index contributed by atoms with van der Waals surface area (Å²) in [4.78, 5) is 24.3. The Labute approximate surface area is 120 Å². The van der Waals surface area contributed by atoms with Crippen molar-refractivity contribution in [3.63, 3.8) is 0 Å². The van der Waals surface area contributed by atoms with Crippen molar-refractivity contribution in [1.82, 2.24) is 0 Å². The van der Waals surface area contributed by atoms with Crippen LogP contribution in [0.25, 0.3) is 0 Å². The van der Waals surface area contributed by atoms with Crippen molar-refractivity contribution in [2.45, 2.75) is 39.5 Å². The number of benzene rings is 1. The molecule has 0 heterocycles. The highest BCUT2D eigenvalue weighted by Gasteiger charge is 2.43. The van der Waals surface area contributed by atoms with Crippen LogP contribution in [-0.4, -0.2) is 18.9 Å². The molecule has 1 aliphatic carbocycles. The van der Waals surface area contributed by atoms with Crippen LogP contribution in [0, 0.1) is 11.3 Å². The summed E-state index contributed by atoms with van der Waals surface area (Å²) in [5, 5.41) is 0. The van der Waals surface area contributed by atoms with Crippen LogP contribution in [0.1, 0.15) is 60.2 Å². The number of hydrogen-bond acceptors (Lipinski definition) is 3. The minimum atomic E-state index is -0.372. The van der Waals surface area contributed by atoms with Crippen LogP contribution in [0.2, 0.25) is 0 Å². The molecule has 1 aromatic carbocycles. The third kappa shape index (κ3) is 2.49. The smallest absolute Gasteiger partial charge is 0.337 e. The molecule has 0 radical (unpaired) electrons. The normalized spacial score (nSPS) is 17.2. The second kappa shape index (κ2) is 5.78. The molecule has 1 aliphatic rings. The molecule has 0 saturated heterocycles. The first-order valence-corrected chi connectivity index (χ1v) is 7.24. The van der Waals surface area contributed by atoms with Gasteiger partial charge in [0.1, 0.15) is 0 Å². The summed E-state index contributed by atoms with van der Waals surface area (Å²) in [6.45, 7) is 4.26. The number of ether oxygens (including phenoxy) is 1. The fraction of sp³-hybridized carbons (Fsp3) is 0.529. The molecule has 3 nitrogen and oxygen atoms in total. The standard InChI is InChI=1S/C17H22O3/c1-12(2)17(10-4-5-11-17)15(18)13-6-8-14(9-7-13)16(19)20-3/h6-9,12H,4-5,10-11H2,1-3H3. The van der Waals surface area contributed by atoms with Gasteiger partial charge in [0.05, 0.1) is 12.7 Å². The zero-order chi connectivity index (χ0) is 14.8. The molecule has 2 rings (SSSR count). The lowest BCUT2D eigenvalue weighted by molar-refractivity contribution is 0.0599. The van der Waals surface area contributed by atoms with E-state index in [4.69, 9.17) is 0 Å². The Morgan fingerprint density at radius 3 is 2.00 bits per heavy atom. The lowest BCUT2D eigenvalue weighted by Gasteiger charge is -2.31. The summed E-state index contributed by atoms with van der Waals surface area (Å²) in [5.74, 6) is 0.197. The fourth-order valence-electron chi connectivity index (χ4n) is 3.24. The Morgan fingerprint density at radius 2 is 1.55 bits per heavy atom. The summed E-state index contributed by atoms with van der Waals surface area (Å²) in [6, 6.07) is 6.83. The molecule has 0 aromatic heterocycles. The van der Waals surface area contributed by atoms with E-state index in [2.05, 4.69) is 18.6 Å². The molecule has 3 heteroatoms. The summed E-state index contributed by atoms with van der Waals surface area (Å²) in [5.41, 5.74) is 0.967. The van der Waals surface area contributed by atoms with E-state index >= 15 is 0 Å². The van der Waals surface area contributed by atoms with Crippen molar-refractivity contribution in [2.75, 3.05) is 7.11 Å². The fourth-order valence-corrected chi connectivity index (χ4v) is 3.24. The average Bonchev–Trinajstić information content (AvgIpc) is 2.96. The van der Waals surface area contributed by atoms with Crippen LogP contribution in [0.4, 0.5) is 0 Å². The number of carbonyl (C=O) groups is 2. The van der Waals surface area contributed by atoms with Gasteiger partial charge >= 0.3 is 5.97 Å². The van der Waals surface area contributed by atoms with Gasteiger partial charge in [-0.1, -0.05) is 38.8 Å². The molecular weight excluding hydrogens is 252 g/mol. The molecule has 0 N–H and O–H groups in total. The van der Waals surface area contributed by atoms with Crippen molar-refractivity contribution < 1.29 is 14.3 Å². The summed E-state index contributed by atoms with van der Waals surface area (Å²) in [7, 11) is 1.35. The van der Waals surface area contributed by atoms with E-state index in [9.17, 15) is 9.59 Å². The quantitative estimate of drug-likeness (QED) is 0.618. The summed E-state index contributed by atoms with van der Waals surface area (Å²) in [6.07, 6.45) is 4.21. The number of Topliss-reactive ketones (excluding diaryl/α,β-unsaturated/α-hetero) is 1. The maximum atomic E-state index is 12.8. The number of esters is 1. The van der Waals surface area contributed by atoms with Crippen LogP contribution in [0.5, 0.6) is 0 Å². The predicted molar refractivity (Wildman–Crippen MR) is 77.9 cm³/mol.